The fourth-order valence-electron chi connectivity index (χ4n) is 1.75. The van der Waals surface area contributed by atoms with Crippen LogP contribution >= 0.6 is 15.9 Å². The summed E-state index contributed by atoms with van der Waals surface area (Å²) in [6, 6.07) is 7.74. The minimum atomic E-state index is -0.616. The van der Waals surface area contributed by atoms with Crippen LogP contribution in [0.1, 0.15) is 33.6 Å². The lowest BCUT2D eigenvalue weighted by molar-refractivity contribution is -0.0259. The van der Waals surface area contributed by atoms with E-state index in [0.717, 1.165) is 16.6 Å². The number of aliphatic hydroxyl groups is 1. The van der Waals surface area contributed by atoms with Crippen LogP contribution in [0.3, 0.4) is 0 Å². The van der Waals surface area contributed by atoms with Crippen molar-refractivity contribution in [3.8, 4) is 5.75 Å². The Bertz CT molecular complexity index is 335. The largest absolute Gasteiger partial charge is 0.493 e. The van der Waals surface area contributed by atoms with Gasteiger partial charge in [0.05, 0.1) is 12.2 Å². The summed E-state index contributed by atoms with van der Waals surface area (Å²) in [6.45, 7) is 6.65. The Morgan fingerprint density at radius 2 is 1.88 bits per heavy atom. The average Bonchev–Trinajstić information content (AvgIpc) is 2.31. The normalized spacial score (nSPS) is 14.7. The maximum absolute atomic E-state index is 10.3. The van der Waals surface area contributed by atoms with Gasteiger partial charge >= 0.3 is 0 Å². The second kappa shape index (κ2) is 6.41. The summed E-state index contributed by atoms with van der Waals surface area (Å²) in [4.78, 5) is 0. The van der Waals surface area contributed by atoms with Crippen LogP contribution in [0.5, 0.6) is 5.75 Å². The molecule has 0 saturated carbocycles. The maximum atomic E-state index is 10.3. The highest BCUT2D eigenvalue weighted by Crippen LogP contribution is 2.25. The molecule has 1 N–H and O–H groups in total. The second-order valence-corrected chi connectivity index (χ2v) is 5.58. The van der Waals surface area contributed by atoms with Gasteiger partial charge in [0, 0.05) is 10.9 Å². The van der Waals surface area contributed by atoms with Gasteiger partial charge in [0.1, 0.15) is 5.75 Å². The summed E-state index contributed by atoms with van der Waals surface area (Å²) >= 11 is 3.38. The van der Waals surface area contributed by atoms with Gasteiger partial charge in [-0.3, -0.25) is 0 Å². The van der Waals surface area contributed by atoms with E-state index in [1.807, 2.05) is 45.0 Å². The van der Waals surface area contributed by atoms with Crippen molar-refractivity contribution >= 4 is 15.9 Å². The zero-order valence-corrected chi connectivity index (χ0v) is 12.3. The Kier molecular flexibility index (Phi) is 5.47. The van der Waals surface area contributed by atoms with E-state index in [9.17, 15) is 5.11 Å². The fraction of sp³-hybridized carbons (Fsp3) is 0.571. The molecular formula is C14H21BrO2. The van der Waals surface area contributed by atoms with Crippen LogP contribution in [0, 0.1) is 5.92 Å². The van der Waals surface area contributed by atoms with E-state index in [2.05, 4.69) is 15.9 Å². The highest BCUT2D eigenvalue weighted by Gasteiger charge is 2.28. The third-order valence-corrected chi connectivity index (χ3v) is 3.83. The highest BCUT2D eigenvalue weighted by atomic mass is 79.9. The Labute approximate surface area is 112 Å². The van der Waals surface area contributed by atoms with Crippen molar-refractivity contribution < 1.29 is 9.84 Å². The Hall–Kier alpha value is -0.540. The van der Waals surface area contributed by atoms with Crippen molar-refractivity contribution in [2.45, 2.75) is 39.2 Å². The van der Waals surface area contributed by atoms with Gasteiger partial charge in [-0.2, -0.15) is 0 Å². The van der Waals surface area contributed by atoms with E-state index < -0.39 is 5.60 Å². The zero-order chi connectivity index (χ0) is 12.9. The number of hydrogen-bond donors (Lipinski definition) is 1. The van der Waals surface area contributed by atoms with Crippen LogP contribution in [0.15, 0.2) is 28.7 Å². The maximum Gasteiger partial charge on any atom is 0.119 e. The fourth-order valence-corrected chi connectivity index (χ4v) is 2.01. The number of ether oxygens (including phenoxy) is 1. The number of hydrogen-bond acceptors (Lipinski definition) is 2. The molecule has 0 spiro atoms. The lowest BCUT2D eigenvalue weighted by atomic mass is 9.85. The minimum Gasteiger partial charge on any atom is -0.493 e. The number of benzene rings is 1. The van der Waals surface area contributed by atoms with Gasteiger partial charge in [-0.05, 0) is 36.6 Å². The first kappa shape index (κ1) is 14.5. The molecule has 96 valence electrons. The Balaban J connectivity index is 2.44. The molecule has 1 aromatic carbocycles. The van der Waals surface area contributed by atoms with Gasteiger partial charge in [-0.25, -0.2) is 0 Å². The zero-order valence-electron chi connectivity index (χ0n) is 10.7. The second-order valence-electron chi connectivity index (χ2n) is 4.66. The molecule has 0 aromatic heterocycles. The molecule has 0 saturated heterocycles. The number of rotatable bonds is 6. The Morgan fingerprint density at radius 3 is 2.35 bits per heavy atom. The van der Waals surface area contributed by atoms with E-state index in [1.165, 1.54) is 0 Å². The highest BCUT2D eigenvalue weighted by molar-refractivity contribution is 9.10. The van der Waals surface area contributed by atoms with E-state index in [4.69, 9.17) is 4.74 Å². The topological polar surface area (TPSA) is 29.5 Å². The van der Waals surface area contributed by atoms with E-state index >= 15 is 0 Å². The summed E-state index contributed by atoms with van der Waals surface area (Å²) < 4.78 is 6.67. The summed E-state index contributed by atoms with van der Waals surface area (Å²) in [6.07, 6.45) is 1.42. The van der Waals surface area contributed by atoms with Crippen LogP contribution in [-0.2, 0) is 0 Å². The smallest absolute Gasteiger partial charge is 0.119 e. The van der Waals surface area contributed by atoms with Gasteiger partial charge in [-0.1, -0.05) is 36.7 Å². The summed E-state index contributed by atoms with van der Waals surface area (Å²) in [7, 11) is 0. The molecule has 0 heterocycles. The van der Waals surface area contributed by atoms with Crippen molar-refractivity contribution in [1.29, 1.82) is 0 Å². The van der Waals surface area contributed by atoms with Crippen LogP contribution < -0.4 is 4.74 Å². The molecule has 1 aromatic rings. The van der Waals surface area contributed by atoms with Crippen LogP contribution in [0.4, 0.5) is 0 Å². The third kappa shape index (κ3) is 4.32. The first-order valence-electron chi connectivity index (χ1n) is 6.08. The molecule has 17 heavy (non-hydrogen) atoms. The predicted octanol–water partition coefficient (Wildman–Crippen LogP) is 4.02. The van der Waals surface area contributed by atoms with Crippen molar-refractivity contribution in [3.63, 3.8) is 0 Å². The Morgan fingerprint density at radius 1 is 1.29 bits per heavy atom. The van der Waals surface area contributed by atoms with E-state index in [-0.39, 0.29) is 5.92 Å². The standard InChI is InChI=1S/C14H21BrO2/c1-4-14(16,11(2)3)9-10-17-13-7-5-12(15)6-8-13/h5-8,11,16H,4,9-10H2,1-3H3. The summed E-state index contributed by atoms with van der Waals surface area (Å²) in [5.41, 5.74) is -0.616. The van der Waals surface area contributed by atoms with E-state index in [1.54, 1.807) is 0 Å². The molecule has 0 amide bonds. The van der Waals surface area contributed by atoms with Crippen molar-refractivity contribution in [3.05, 3.63) is 28.7 Å². The van der Waals surface area contributed by atoms with Gasteiger partial charge in [-0.15, -0.1) is 0 Å². The monoisotopic (exact) mass is 300 g/mol. The average molecular weight is 301 g/mol. The first-order valence-corrected chi connectivity index (χ1v) is 6.88. The lowest BCUT2D eigenvalue weighted by Crippen LogP contribution is -2.35. The molecule has 2 nitrogen and oxygen atoms in total. The molecule has 0 aliphatic carbocycles. The molecule has 1 unspecified atom stereocenters. The molecular weight excluding hydrogens is 280 g/mol. The quantitative estimate of drug-likeness (QED) is 0.860. The van der Waals surface area contributed by atoms with Crippen molar-refractivity contribution in [1.82, 2.24) is 0 Å². The van der Waals surface area contributed by atoms with Gasteiger partial charge < -0.3 is 9.84 Å². The molecule has 1 rings (SSSR count). The minimum absolute atomic E-state index is 0.251. The van der Waals surface area contributed by atoms with Gasteiger partial charge in [0.15, 0.2) is 0 Å². The number of halogens is 1. The van der Waals surface area contributed by atoms with E-state index in [0.29, 0.717) is 13.0 Å². The third-order valence-electron chi connectivity index (χ3n) is 3.30. The molecule has 0 fully saturated rings. The van der Waals surface area contributed by atoms with Gasteiger partial charge in [0.2, 0.25) is 0 Å². The molecule has 1 atom stereocenters. The van der Waals surface area contributed by atoms with Crippen LogP contribution in [0.2, 0.25) is 0 Å². The SMILES string of the molecule is CCC(O)(CCOc1ccc(Br)cc1)C(C)C. The van der Waals surface area contributed by atoms with Crippen LogP contribution in [-0.4, -0.2) is 17.3 Å². The molecule has 0 radical (unpaired) electrons. The van der Waals surface area contributed by atoms with Gasteiger partial charge in [0.25, 0.3) is 0 Å². The van der Waals surface area contributed by atoms with Crippen molar-refractivity contribution in [2.24, 2.45) is 5.92 Å². The summed E-state index contributed by atoms with van der Waals surface area (Å²) in [5.74, 6) is 1.09. The first-order chi connectivity index (χ1) is 7.98. The van der Waals surface area contributed by atoms with Crippen LogP contribution in [0.25, 0.3) is 0 Å². The summed E-state index contributed by atoms with van der Waals surface area (Å²) in [5, 5.41) is 10.3. The molecule has 0 aliphatic heterocycles. The molecule has 0 bridgehead atoms. The van der Waals surface area contributed by atoms with Crippen molar-refractivity contribution in [2.75, 3.05) is 6.61 Å². The molecule has 0 aliphatic rings. The molecule has 3 heteroatoms. The lowest BCUT2D eigenvalue weighted by Gasteiger charge is -2.30. The predicted molar refractivity (Wildman–Crippen MR) is 74.3 cm³/mol.